The lowest BCUT2D eigenvalue weighted by atomic mass is 10.2. The van der Waals surface area contributed by atoms with Crippen LogP contribution in [0.2, 0.25) is 10.2 Å². The highest BCUT2D eigenvalue weighted by Gasteiger charge is 2.12. The number of aromatic nitrogens is 1. The number of halogens is 2. The highest BCUT2D eigenvalue weighted by atomic mass is 35.5. The third-order valence-electron chi connectivity index (χ3n) is 3.18. The van der Waals surface area contributed by atoms with Gasteiger partial charge in [-0.25, -0.2) is 4.98 Å². The molecule has 0 aliphatic carbocycles. The van der Waals surface area contributed by atoms with Gasteiger partial charge in [0.15, 0.2) is 5.75 Å². The minimum Gasteiger partial charge on any atom is -0.454 e. The SMILES string of the molecule is O=C(Nc1ccccc1Oc1ccccc1Cl)c1ccnc(Cl)c1. The topological polar surface area (TPSA) is 51.2 Å². The molecule has 4 nitrogen and oxygen atoms in total. The van der Waals surface area contributed by atoms with Gasteiger partial charge in [-0.15, -0.1) is 0 Å². The lowest BCUT2D eigenvalue weighted by Crippen LogP contribution is -2.12. The maximum Gasteiger partial charge on any atom is 0.255 e. The second kappa shape index (κ2) is 7.34. The number of pyridine rings is 1. The molecule has 24 heavy (non-hydrogen) atoms. The summed E-state index contributed by atoms with van der Waals surface area (Å²) in [5.74, 6) is 0.682. The van der Waals surface area contributed by atoms with Gasteiger partial charge >= 0.3 is 0 Å². The monoisotopic (exact) mass is 358 g/mol. The Hall–Kier alpha value is -2.56. The number of nitrogens with zero attached hydrogens (tertiary/aromatic N) is 1. The highest BCUT2D eigenvalue weighted by molar-refractivity contribution is 6.32. The Labute approximate surface area is 149 Å². The summed E-state index contributed by atoms with van der Waals surface area (Å²) in [5, 5.41) is 3.54. The van der Waals surface area contributed by atoms with E-state index >= 15 is 0 Å². The lowest BCUT2D eigenvalue weighted by Gasteiger charge is -2.13. The van der Waals surface area contributed by atoms with Crippen molar-refractivity contribution in [2.24, 2.45) is 0 Å². The summed E-state index contributed by atoms with van der Waals surface area (Å²) in [7, 11) is 0. The van der Waals surface area contributed by atoms with Crippen LogP contribution < -0.4 is 10.1 Å². The van der Waals surface area contributed by atoms with Crippen molar-refractivity contribution in [3.05, 3.63) is 82.6 Å². The predicted molar refractivity (Wildman–Crippen MR) is 95.2 cm³/mol. The molecule has 1 amide bonds. The predicted octanol–water partition coefficient (Wildman–Crippen LogP) is 5.43. The van der Waals surface area contributed by atoms with Gasteiger partial charge in [-0.1, -0.05) is 47.5 Å². The van der Waals surface area contributed by atoms with Gasteiger partial charge in [0.25, 0.3) is 5.91 Å². The molecule has 0 bridgehead atoms. The van der Waals surface area contributed by atoms with Gasteiger partial charge in [0.1, 0.15) is 10.9 Å². The van der Waals surface area contributed by atoms with E-state index < -0.39 is 0 Å². The zero-order valence-electron chi connectivity index (χ0n) is 12.4. The summed E-state index contributed by atoms with van der Waals surface area (Å²) >= 11 is 11.9. The molecule has 6 heteroatoms. The fourth-order valence-electron chi connectivity index (χ4n) is 2.04. The van der Waals surface area contributed by atoms with E-state index in [9.17, 15) is 4.79 Å². The van der Waals surface area contributed by atoms with Crippen molar-refractivity contribution in [1.29, 1.82) is 0 Å². The maximum atomic E-state index is 12.4. The third-order valence-corrected chi connectivity index (χ3v) is 3.70. The molecule has 0 radical (unpaired) electrons. The zero-order chi connectivity index (χ0) is 16.9. The molecule has 0 saturated heterocycles. The van der Waals surface area contributed by atoms with Crippen LogP contribution in [0.4, 0.5) is 5.69 Å². The van der Waals surface area contributed by atoms with Crippen molar-refractivity contribution in [2.75, 3.05) is 5.32 Å². The Kier molecular flexibility index (Phi) is 4.99. The molecule has 1 aromatic heterocycles. The number of carbonyl (C=O) groups is 1. The molecule has 0 aliphatic rings. The number of para-hydroxylation sites is 3. The molecule has 0 spiro atoms. The van der Waals surface area contributed by atoms with E-state index in [4.69, 9.17) is 27.9 Å². The van der Waals surface area contributed by atoms with E-state index in [0.29, 0.717) is 27.8 Å². The number of benzene rings is 2. The number of hydrogen-bond donors (Lipinski definition) is 1. The minimum absolute atomic E-state index is 0.253. The van der Waals surface area contributed by atoms with E-state index in [1.807, 2.05) is 18.2 Å². The Balaban J connectivity index is 1.84. The molecule has 0 saturated carbocycles. The second-order valence-corrected chi connectivity index (χ2v) is 5.64. The van der Waals surface area contributed by atoms with Crippen LogP contribution in [0.1, 0.15) is 10.4 Å². The van der Waals surface area contributed by atoms with Gasteiger partial charge in [-0.3, -0.25) is 4.79 Å². The normalized spacial score (nSPS) is 10.2. The molecular formula is C18H12Cl2N2O2. The molecule has 3 aromatic rings. The molecule has 0 fully saturated rings. The van der Waals surface area contributed by atoms with Gasteiger partial charge < -0.3 is 10.1 Å². The van der Waals surface area contributed by atoms with Gasteiger partial charge in [0, 0.05) is 11.8 Å². The number of carbonyl (C=O) groups excluding carboxylic acids is 1. The first kappa shape index (κ1) is 16.3. The Morgan fingerprint density at radius 2 is 1.67 bits per heavy atom. The summed E-state index contributed by atoms with van der Waals surface area (Å²) in [6, 6.07) is 17.3. The van der Waals surface area contributed by atoms with E-state index in [2.05, 4.69) is 10.3 Å². The van der Waals surface area contributed by atoms with Crippen LogP contribution in [0.25, 0.3) is 0 Å². The molecule has 1 N–H and O–H groups in total. The number of amides is 1. The second-order valence-electron chi connectivity index (χ2n) is 4.85. The van der Waals surface area contributed by atoms with Crippen LogP contribution in [0.15, 0.2) is 66.9 Å². The molecule has 0 unspecified atom stereocenters. The molecule has 0 aliphatic heterocycles. The quantitative estimate of drug-likeness (QED) is 0.632. The number of hydrogen-bond acceptors (Lipinski definition) is 3. The lowest BCUT2D eigenvalue weighted by molar-refractivity contribution is 0.102. The first-order chi connectivity index (χ1) is 11.6. The number of nitrogens with one attached hydrogen (secondary N) is 1. The average Bonchev–Trinajstić information content (AvgIpc) is 2.58. The van der Waals surface area contributed by atoms with Crippen LogP contribution in [0.5, 0.6) is 11.5 Å². The van der Waals surface area contributed by atoms with E-state index in [-0.39, 0.29) is 11.1 Å². The smallest absolute Gasteiger partial charge is 0.255 e. The van der Waals surface area contributed by atoms with Crippen LogP contribution in [-0.4, -0.2) is 10.9 Å². The summed E-state index contributed by atoms with van der Waals surface area (Å²) in [6.07, 6.45) is 1.48. The van der Waals surface area contributed by atoms with Crippen molar-refractivity contribution in [3.8, 4) is 11.5 Å². The van der Waals surface area contributed by atoms with Gasteiger partial charge in [0.2, 0.25) is 0 Å². The first-order valence-corrected chi connectivity index (χ1v) is 7.83. The molecule has 2 aromatic carbocycles. The van der Waals surface area contributed by atoms with Crippen LogP contribution >= 0.6 is 23.2 Å². The van der Waals surface area contributed by atoms with Crippen molar-refractivity contribution in [1.82, 2.24) is 4.98 Å². The summed E-state index contributed by atoms with van der Waals surface area (Å²) in [5.41, 5.74) is 0.929. The van der Waals surface area contributed by atoms with Crippen LogP contribution in [0, 0.1) is 0 Å². The van der Waals surface area contributed by atoms with Crippen molar-refractivity contribution < 1.29 is 9.53 Å². The fraction of sp³-hybridized carbons (Fsp3) is 0. The largest absolute Gasteiger partial charge is 0.454 e. The number of rotatable bonds is 4. The van der Waals surface area contributed by atoms with E-state index in [0.717, 1.165) is 0 Å². The van der Waals surface area contributed by atoms with Crippen molar-refractivity contribution in [3.63, 3.8) is 0 Å². The Bertz CT molecular complexity index is 884. The van der Waals surface area contributed by atoms with E-state index in [1.54, 1.807) is 36.4 Å². The van der Waals surface area contributed by atoms with Crippen molar-refractivity contribution >= 4 is 34.8 Å². The van der Waals surface area contributed by atoms with Crippen LogP contribution in [-0.2, 0) is 0 Å². The summed E-state index contributed by atoms with van der Waals surface area (Å²) < 4.78 is 5.82. The molecule has 120 valence electrons. The summed E-state index contributed by atoms with van der Waals surface area (Å²) in [6.45, 7) is 0. The minimum atomic E-state index is -0.311. The Morgan fingerprint density at radius 3 is 2.42 bits per heavy atom. The third kappa shape index (κ3) is 3.85. The average molecular weight is 359 g/mol. The van der Waals surface area contributed by atoms with Gasteiger partial charge in [-0.2, -0.15) is 0 Å². The van der Waals surface area contributed by atoms with E-state index in [1.165, 1.54) is 12.3 Å². The number of anilines is 1. The summed E-state index contributed by atoms with van der Waals surface area (Å²) in [4.78, 5) is 16.2. The Morgan fingerprint density at radius 1 is 0.958 bits per heavy atom. The first-order valence-electron chi connectivity index (χ1n) is 7.08. The standard InChI is InChI=1S/C18H12Cl2N2O2/c19-13-5-1-3-7-15(13)24-16-8-4-2-6-14(16)22-18(23)12-9-10-21-17(20)11-12/h1-11H,(H,22,23). The molecular weight excluding hydrogens is 347 g/mol. The molecule has 0 atom stereocenters. The zero-order valence-corrected chi connectivity index (χ0v) is 13.9. The van der Waals surface area contributed by atoms with Crippen molar-refractivity contribution in [2.45, 2.75) is 0 Å². The number of ether oxygens (including phenoxy) is 1. The maximum absolute atomic E-state index is 12.4. The highest BCUT2D eigenvalue weighted by Crippen LogP contribution is 2.33. The fourth-order valence-corrected chi connectivity index (χ4v) is 2.39. The molecule has 3 rings (SSSR count). The van der Waals surface area contributed by atoms with Gasteiger partial charge in [-0.05, 0) is 36.4 Å². The van der Waals surface area contributed by atoms with Crippen LogP contribution in [0.3, 0.4) is 0 Å². The molecule has 1 heterocycles. The van der Waals surface area contributed by atoms with Gasteiger partial charge in [0.05, 0.1) is 10.7 Å².